The topological polar surface area (TPSA) is 82.2 Å². The third kappa shape index (κ3) is 2.79. The molecule has 0 atom stereocenters. The van der Waals surface area contributed by atoms with Gasteiger partial charge in [0.2, 0.25) is 5.91 Å². The van der Waals surface area contributed by atoms with E-state index in [-0.39, 0.29) is 12.5 Å². The van der Waals surface area contributed by atoms with Gasteiger partial charge in [0.1, 0.15) is 12.3 Å². The molecule has 0 aliphatic heterocycles. The molecule has 0 saturated carbocycles. The Labute approximate surface area is 104 Å². The number of nitrogens with two attached hydrogens (primary N) is 1. The van der Waals surface area contributed by atoms with Gasteiger partial charge in [-0.3, -0.25) is 4.79 Å². The SMILES string of the molecule is COc1ccc(NC(=O)Cn2ccnc2)c(N)c1. The zero-order valence-corrected chi connectivity index (χ0v) is 9.96. The van der Waals surface area contributed by atoms with E-state index < -0.39 is 0 Å². The van der Waals surface area contributed by atoms with Crippen LogP contribution >= 0.6 is 0 Å². The maximum absolute atomic E-state index is 11.7. The first-order valence-corrected chi connectivity index (χ1v) is 5.38. The summed E-state index contributed by atoms with van der Waals surface area (Å²) in [4.78, 5) is 15.6. The highest BCUT2D eigenvalue weighted by atomic mass is 16.5. The van der Waals surface area contributed by atoms with Crippen molar-refractivity contribution in [2.24, 2.45) is 0 Å². The fourth-order valence-electron chi connectivity index (χ4n) is 1.52. The molecular weight excluding hydrogens is 232 g/mol. The van der Waals surface area contributed by atoms with Crippen LogP contribution in [0.5, 0.6) is 5.75 Å². The minimum atomic E-state index is -0.162. The average molecular weight is 246 g/mol. The number of hydrogen-bond donors (Lipinski definition) is 2. The Bertz CT molecular complexity index is 537. The fourth-order valence-corrected chi connectivity index (χ4v) is 1.52. The highest BCUT2D eigenvalue weighted by Crippen LogP contribution is 2.23. The van der Waals surface area contributed by atoms with Crippen LogP contribution < -0.4 is 15.8 Å². The molecule has 0 saturated heterocycles. The molecular formula is C12H14N4O2. The number of benzene rings is 1. The summed E-state index contributed by atoms with van der Waals surface area (Å²) in [5.74, 6) is 0.491. The Morgan fingerprint density at radius 1 is 1.56 bits per heavy atom. The number of carbonyl (C=O) groups excluding carboxylic acids is 1. The lowest BCUT2D eigenvalue weighted by atomic mass is 10.2. The van der Waals surface area contributed by atoms with Gasteiger partial charge >= 0.3 is 0 Å². The molecule has 6 heteroatoms. The predicted molar refractivity (Wildman–Crippen MR) is 68.3 cm³/mol. The molecule has 18 heavy (non-hydrogen) atoms. The molecule has 0 bridgehead atoms. The van der Waals surface area contributed by atoms with Gasteiger partial charge in [-0.25, -0.2) is 4.98 Å². The molecule has 1 amide bonds. The third-order valence-corrected chi connectivity index (χ3v) is 2.42. The summed E-state index contributed by atoms with van der Waals surface area (Å²) < 4.78 is 6.71. The summed E-state index contributed by atoms with van der Waals surface area (Å²) in [5, 5.41) is 2.73. The third-order valence-electron chi connectivity index (χ3n) is 2.42. The van der Waals surface area contributed by atoms with Crippen molar-refractivity contribution in [3.63, 3.8) is 0 Å². The van der Waals surface area contributed by atoms with Crippen LogP contribution in [0.4, 0.5) is 11.4 Å². The van der Waals surface area contributed by atoms with E-state index in [2.05, 4.69) is 10.3 Å². The minimum absolute atomic E-state index is 0.162. The number of hydrogen-bond acceptors (Lipinski definition) is 4. The van der Waals surface area contributed by atoms with Crippen molar-refractivity contribution in [2.45, 2.75) is 6.54 Å². The number of aromatic nitrogens is 2. The second-order valence-electron chi connectivity index (χ2n) is 3.74. The molecule has 1 aromatic carbocycles. The van der Waals surface area contributed by atoms with Crippen LogP contribution in [0.1, 0.15) is 0 Å². The summed E-state index contributed by atoms with van der Waals surface area (Å²) in [6.45, 7) is 0.200. The molecule has 1 heterocycles. The molecule has 0 aliphatic rings. The fraction of sp³-hybridized carbons (Fsp3) is 0.167. The van der Waals surface area contributed by atoms with E-state index in [1.54, 1.807) is 48.6 Å². The van der Waals surface area contributed by atoms with Gasteiger partial charge in [-0.05, 0) is 12.1 Å². The Kier molecular flexibility index (Phi) is 3.47. The zero-order chi connectivity index (χ0) is 13.0. The first-order valence-electron chi connectivity index (χ1n) is 5.38. The number of imidazole rings is 1. The molecule has 0 spiro atoms. The zero-order valence-electron chi connectivity index (χ0n) is 9.96. The van der Waals surface area contributed by atoms with E-state index in [1.807, 2.05) is 0 Å². The average Bonchev–Trinajstić information content (AvgIpc) is 2.84. The van der Waals surface area contributed by atoms with Gasteiger partial charge in [-0.15, -0.1) is 0 Å². The van der Waals surface area contributed by atoms with Crippen LogP contribution in [0.25, 0.3) is 0 Å². The van der Waals surface area contributed by atoms with Gasteiger partial charge in [0.25, 0.3) is 0 Å². The van der Waals surface area contributed by atoms with Crippen LogP contribution in [-0.2, 0) is 11.3 Å². The maximum atomic E-state index is 11.7. The standard InChI is InChI=1S/C12H14N4O2/c1-18-9-2-3-11(10(13)6-9)15-12(17)7-16-5-4-14-8-16/h2-6,8H,7,13H2,1H3,(H,15,17). The van der Waals surface area contributed by atoms with Gasteiger partial charge in [0, 0.05) is 18.5 Å². The van der Waals surface area contributed by atoms with Crippen molar-refractivity contribution < 1.29 is 9.53 Å². The minimum Gasteiger partial charge on any atom is -0.497 e. The molecule has 1 aromatic heterocycles. The van der Waals surface area contributed by atoms with Crippen LogP contribution in [0.15, 0.2) is 36.9 Å². The van der Waals surface area contributed by atoms with Crippen LogP contribution in [-0.4, -0.2) is 22.6 Å². The lowest BCUT2D eigenvalue weighted by Gasteiger charge is -2.09. The molecule has 94 valence electrons. The van der Waals surface area contributed by atoms with Gasteiger partial charge in [0.05, 0.1) is 24.8 Å². The smallest absolute Gasteiger partial charge is 0.244 e. The number of amides is 1. The Balaban J connectivity index is 2.03. The van der Waals surface area contributed by atoms with Crippen molar-refractivity contribution >= 4 is 17.3 Å². The van der Waals surface area contributed by atoms with Crippen molar-refractivity contribution in [3.8, 4) is 5.75 Å². The number of anilines is 2. The van der Waals surface area contributed by atoms with Crippen molar-refractivity contribution in [1.82, 2.24) is 9.55 Å². The largest absolute Gasteiger partial charge is 0.497 e. The van der Waals surface area contributed by atoms with E-state index in [9.17, 15) is 4.79 Å². The summed E-state index contributed by atoms with van der Waals surface area (Å²) >= 11 is 0. The number of ether oxygens (including phenoxy) is 1. The van der Waals surface area contributed by atoms with Crippen molar-refractivity contribution in [3.05, 3.63) is 36.9 Å². The normalized spacial score (nSPS) is 10.1. The number of nitrogen functional groups attached to an aromatic ring is 1. The second-order valence-corrected chi connectivity index (χ2v) is 3.74. The maximum Gasteiger partial charge on any atom is 0.244 e. The van der Waals surface area contributed by atoms with Crippen LogP contribution in [0.2, 0.25) is 0 Å². The van der Waals surface area contributed by atoms with Crippen molar-refractivity contribution in [1.29, 1.82) is 0 Å². The quantitative estimate of drug-likeness (QED) is 0.792. The lowest BCUT2D eigenvalue weighted by molar-refractivity contribution is -0.116. The summed E-state index contributed by atoms with van der Waals surface area (Å²) in [5.41, 5.74) is 6.84. The van der Waals surface area contributed by atoms with Gasteiger partial charge in [0.15, 0.2) is 0 Å². The molecule has 0 radical (unpaired) electrons. The van der Waals surface area contributed by atoms with Crippen LogP contribution in [0.3, 0.4) is 0 Å². The van der Waals surface area contributed by atoms with Gasteiger partial charge < -0.3 is 20.4 Å². The number of rotatable bonds is 4. The lowest BCUT2D eigenvalue weighted by Crippen LogP contribution is -2.18. The summed E-state index contributed by atoms with van der Waals surface area (Å²) in [7, 11) is 1.56. The molecule has 0 aliphatic carbocycles. The van der Waals surface area contributed by atoms with Crippen molar-refractivity contribution in [2.75, 3.05) is 18.2 Å². The van der Waals surface area contributed by atoms with E-state index in [1.165, 1.54) is 0 Å². The number of nitrogens with zero attached hydrogens (tertiary/aromatic N) is 2. The van der Waals surface area contributed by atoms with Gasteiger partial charge in [-0.1, -0.05) is 0 Å². The monoisotopic (exact) mass is 246 g/mol. The highest BCUT2D eigenvalue weighted by Gasteiger charge is 2.06. The number of methoxy groups -OCH3 is 1. The van der Waals surface area contributed by atoms with E-state index in [0.29, 0.717) is 17.1 Å². The first kappa shape index (κ1) is 12.0. The van der Waals surface area contributed by atoms with Crippen LogP contribution in [0, 0.1) is 0 Å². The summed E-state index contributed by atoms with van der Waals surface area (Å²) in [6, 6.07) is 5.11. The predicted octanol–water partition coefficient (Wildman–Crippen LogP) is 1.11. The number of carbonyl (C=O) groups is 1. The molecule has 3 N–H and O–H groups in total. The van der Waals surface area contributed by atoms with E-state index >= 15 is 0 Å². The molecule has 0 fully saturated rings. The Morgan fingerprint density at radius 2 is 2.39 bits per heavy atom. The Hall–Kier alpha value is -2.50. The second kappa shape index (κ2) is 5.22. The molecule has 2 aromatic rings. The van der Waals surface area contributed by atoms with Gasteiger partial charge in [-0.2, -0.15) is 0 Å². The molecule has 2 rings (SSSR count). The first-order chi connectivity index (χ1) is 8.69. The molecule has 0 unspecified atom stereocenters. The number of nitrogens with one attached hydrogen (secondary N) is 1. The highest BCUT2D eigenvalue weighted by molar-refractivity contribution is 5.93. The summed E-state index contributed by atoms with van der Waals surface area (Å²) in [6.07, 6.45) is 4.92. The molecule has 6 nitrogen and oxygen atoms in total. The van der Waals surface area contributed by atoms with E-state index in [4.69, 9.17) is 10.5 Å². The Morgan fingerprint density at radius 3 is 3.00 bits per heavy atom. The van der Waals surface area contributed by atoms with E-state index in [0.717, 1.165) is 0 Å².